The Bertz CT molecular complexity index is 613. The Hall–Kier alpha value is -2.21. The van der Waals surface area contributed by atoms with E-state index in [1.54, 1.807) is 40.9 Å². The molecule has 0 aliphatic carbocycles. The molecule has 0 N–H and O–H groups in total. The van der Waals surface area contributed by atoms with Crippen LogP contribution in [0.3, 0.4) is 0 Å². The molecular weight excluding hydrogens is 286 g/mol. The number of amides is 1. The maximum atomic E-state index is 12.1. The predicted octanol–water partition coefficient (Wildman–Crippen LogP) is 2.23. The van der Waals surface area contributed by atoms with Gasteiger partial charge >= 0.3 is 0 Å². The lowest BCUT2D eigenvalue weighted by molar-refractivity contribution is -0.125. The third-order valence-electron chi connectivity index (χ3n) is 3.22. The number of aromatic nitrogens is 2. The van der Waals surface area contributed by atoms with Crippen LogP contribution in [0.4, 0.5) is 0 Å². The third-order valence-corrected chi connectivity index (χ3v) is 4.05. The Balaban J connectivity index is 1.53. The van der Waals surface area contributed by atoms with E-state index < -0.39 is 0 Å². The van der Waals surface area contributed by atoms with E-state index in [9.17, 15) is 4.79 Å². The minimum Gasteiger partial charge on any atom is -0.471 e. The molecule has 1 aliphatic heterocycles. The van der Waals surface area contributed by atoms with Crippen LogP contribution in [0.2, 0.25) is 0 Å². The van der Waals surface area contributed by atoms with Crippen molar-refractivity contribution >= 4 is 23.3 Å². The minimum atomic E-state index is -0.0132. The first-order valence-corrected chi connectivity index (χ1v) is 7.62. The van der Waals surface area contributed by atoms with Gasteiger partial charge in [0.2, 0.25) is 11.8 Å². The molecule has 0 aromatic carbocycles. The van der Waals surface area contributed by atoms with Gasteiger partial charge in [0.05, 0.1) is 12.7 Å². The molecule has 5 nitrogen and oxygen atoms in total. The summed E-state index contributed by atoms with van der Waals surface area (Å²) in [4.78, 5) is 23.0. The normalized spacial score (nSPS) is 18.3. The predicted molar refractivity (Wildman–Crippen MR) is 81.0 cm³/mol. The van der Waals surface area contributed by atoms with Crippen molar-refractivity contribution in [3.63, 3.8) is 0 Å². The van der Waals surface area contributed by atoms with E-state index in [2.05, 4.69) is 9.97 Å². The number of hydrogen-bond donors (Lipinski definition) is 0. The van der Waals surface area contributed by atoms with Gasteiger partial charge in [-0.05, 0) is 17.5 Å². The fourth-order valence-electron chi connectivity index (χ4n) is 2.19. The Kier molecular flexibility index (Phi) is 4.25. The van der Waals surface area contributed by atoms with E-state index in [1.807, 2.05) is 23.6 Å². The van der Waals surface area contributed by atoms with Crippen molar-refractivity contribution < 1.29 is 9.53 Å². The summed E-state index contributed by atoms with van der Waals surface area (Å²) in [7, 11) is 0. The zero-order valence-electron chi connectivity index (χ0n) is 11.4. The van der Waals surface area contributed by atoms with Crippen LogP contribution >= 0.6 is 11.3 Å². The molecule has 0 spiro atoms. The van der Waals surface area contributed by atoms with Crippen molar-refractivity contribution in [2.45, 2.75) is 12.5 Å². The molecule has 1 atom stereocenters. The standard InChI is InChI=1S/C15H15N3O2S/c19-15(4-3-13-2-1-9-21-13)18-8-5-12(11-18)20-14-10-16-6-7-17-14/h1-4,6-7,9-10,12H,5,8,11H2/b4-3+/t12-/m1/s1. The highest BCUT2D eigenvalue weighted by atomic mass is 32.1. The summed E-state index contributed by atoms with van der Waals surface area (Å²) >= 11 is 1.61. The number of carbonyl (C=O) groups excluding carboxylic acids is 1. The summed E-state index contributed by atoms with van der Waals surface area (Å²) in [6, 6.07) is 3.95. The average molecular weight is 301 g/mol. The van der Waals surface area contributed by atoms with Gasteiger partial charge in [-0.2, -0.15) is 0 Å². The molecule has 1 saturated heterocycles. The Labute approximate surface area is 126 Å². The summed E-state index contributed by atoms with van der Waals surface area (Å²) in [5.74, 6) is 0.527. The van der Waals surface area contributed by atoms with E-state index in [1.165, 1.54) is 0 Å². The molecule has 1 amide bonds. The Morgan fingerprint density at radius 3 is 3.19 bits per heavy atom. The van der Waals surface area contributed by atoms with Crippen molar-refractivity contribution in [3.8, 4) is 5.88 Å². The van der Waals surface area contributed by atoms with Gasteiger partial charge in [-0.25, -0.2) is 4.98 Å². The highest BCUT2D eigenvalue weighted by Gasteiger charge is 2.26. The van der Waals surface area contributed by atoms with Crippen LogP contribution < -0.4 is 4.74 Å². The zero-order valence-corrected chi connectivity index (χ0v) is 12.2. The Morgan fingerprint density at radius 2 is 2.43 bits per heavy atom. The molecule has 0 bridgehead atoms. The fourth-order valence-corrected chi connectivity index (χ4v) is 2.80. The summed E-state index contributed by atoms with van der Waals surface area (Å²) in [5, 5.41) is 1.99. The minimum absolute atomic E-state index is 0.0132. The topological polar surface area (TPSA) is 55.3 Å². The van der Waals surface area contributed by atoms with Gasteiger partial charge in [-0.3, -0.25) is 9.78 Å². The van der Waals surface area contributed by atoms with Crippen LogP contribution in [0.5, 0.6) is 5.88 Å². The van der Waals surface area contributed by atoms with Crippen LogP contribution in [0.25, 0.3) is 6.08 Å². The molecule has 3 heterocycles. The van der Waals surface area contributed by atoms with E-state index in [0.717, 1.165) is 11.3 Å². The molecule has 0 saturated carbocycles. The van der Waals surface area contributed by atoms with Gasteiger partial charge in [0, 0.05) is 36.3 Å². The van der Waals surface area contributed by atoms with Crippen LogP contribution in [-0.4, -0.2) is 40.0 Å². The number of thiophene rings is 1. The maximum Gasteiger partial charge on any atom is 0.246 e. The monoisotopic (exact) mass is 301 g/mol. The molecule has 6 heteroatoms. The highest BCUT2D eigenvalue weighted by Crippen LogP contribution is 2.16. The summed E-state index contributed by atoms with van der Waals surface area (Å²) < 4.78 is 5.72. The van der Waals surface area contributed by atoms with Crippen molar-refractivity contribution in [1.29, 1.82) is 0 Å². The van der Waals surface area contributed by atoms with Crippen molar-refractivity contribution in [2.75, 3.05) is 13.1 Å². The first kappa shape index (κ1) is 13.8. The lowest BCUT2D eigenvalue weighted by atomic mass is 10.3. The largest absolute Gasteiger partial charge is 0.471 e. The van der Waals surface area contributed by atoms with Gasteiger partial charge < -0.3 is 9.64 Å². The van der Waals surface area contributed by atoms with Crippen LogP contribution in [0.15, 0.2) is 42.2 Å². The number of nitrogens with zero attached hydrogens (tertiary/aromatic N) is 3. The van der Waals surface area contributed by atoms with Crippen molar-refractivity contribution in [3.05, 3.63) is 47.1 Å². The molecule has 0 radical (unpaired) electrons. The second kappa shape index (κ2) is 6.49. The molecule has 0 unspecified atom stereocenters. The first-order valence-electron chi connectivity index (χ1n) is 6.74. The molecule has 2 aromatic rings. The SMILES string of the molecule is O=C(/C=C/c1cccs1)N1CC[C@@H](Oc2cnccn2)C1. The number of carbonyl (C=O) groups is 1. The third kappa shape index (κ3) is 3.66. The van der Waals surface area contributed by atoms with Gasteiger partial charge in [0.15, 0.2) is 0 Å². The second-order valence-corrected chi connectivity index (χ2v) is 5.68. The first-order chi connectivity index (χ1) is 10.3. The van der Waals surface area contributed by atoms with Gasteiger partial charge in [0.1, 0.15) is 6.10 Å². The summed E-state index contributed by atoms with van der Waals surface area (Å²) in [6.45, 7) is 1.29. The average Bonchev–Trinajstić information content (AvgIpc) is 3.17. The van der Waals surface area contributed by atoms with Gasteiger partial charge in [-0.15, -0.1) is 11.3 Å². The molecule has 1 aliphatic rings. The van der Waals surface area contributed by atoms with Crippen LogP contribution in [0.1, 0.15) is 11.3 Å². The zero-order chi connectivity index (χ0) is 14.5. The van der Waals surface area contributed by atoms with E-state index in [4.69, 9.17) is 4.74 Å². The summed E-state index contributed by atoms with van der Waals surface area (Å²) in [5.41, 5.74) is 0. The van der Waals surface area contributed by atoms with Gasteiger partial charge in [0.25, 0.3) is 0 Å². The quantitative estimate of drug-likeness (QED) is 0.813. The lowest BCUT2D eigenvalue weighted by Crippen LogP contribution is -2.29. The van der Waals surface area contributed by atoms with E-state index >= 15 is 0 Å². The fraction of sp³-hybridized carbons (Fsp3) is 0.267. The molecule has 1 fully saturated rings. The van der Waals surface area contributed by atoms with Gasteiger partial charge in [-0.1, -0.05) is 6.07 Å². The molecule has 21 heavy (non-hydrogen) atoms. The molecule has 2 aromatic heterocycles. The number of hydrogen-bond acceptors (Lipinski definition) is 5. The molecule has 108 valence electrons. The highest BCUT2D eigenvalue weighted by molar-refractivity contribution is 7.10. The van der Waals surface area contributed by atoms with Crippen molar-refractivity contribution in [1.82, 2.24) is 14.9 Å². The van der Waals surface area contributed by atoms with Crippen molar-refractivity contribution in [2.24, 2.45) is 0 Å². The van der Waals surface area contributed by atoms with Crippen LogP contribution in [0, 0.1) is 0 Å². The van der Waals surface area contributed by atoms with Crippen LogP contribution in [-0.2, 0) is 4.79 Å². The second-order valence-electron chi connectivity index (χ2n) is 4.71. The van der Waals surface area contributed by atoms with E-state index in [0.29, 0.717) is 19.0 Å². The smallest absolute Gasteiger partial charge is 0.246 e. The molecule has 3 rings (SSSR count). The van der Waals surface area contributed by atoms with E-state index in [-0.39, 0.29) is 12.0 Å². The Morgan fingerprint density at radius 1 is 1.48 bits per heavy atom. The maximum absolute atomic E-state index is 12.1. The lowest BCUT2D eigenvalue weighted by Gasteiger charge is -2.14. The molecular formula is C15H15N3O2S. The summed E-state index contributed by atoms with van der Waals surface area (Å²) in [6.07, 6.45) is 9.06. The number of rotatable bonds is 4. The number of ether oxygens (including phenoxy) is 1. The number of likely N-dealkylation sites (tertiary alicyclic amines) is 1.